The van der Waals surface area contributed by atoms with Gasteiger partial charge in [0.15, 0.2) is 5.69 Å². The van der Waals surface area contributed by atoms with E-state index in [1.807, 2.05) is 37.1 Å². The van der Waals surface area contributed by atoms with Crippen molar-refractivity contribution in [2.75, 3.05) is 24.3 Å². The molecule has 5 rings (SSSR count). The molecular formula is C29H26F3N7O2. The second kappa shape index (κ2) is 10.5. The molecule has 2 amide bonds. The number of rotatable bonds is 6. The van der Waals surface area contributed by atoms with Crippen LogP contribution < -0.4 is 15.5 Å². The van der Waals surface area contributed by atoms with Crippen molar-refractivity contribution in [2.24, 2.45) is 0 Å². The Morgan fingerprint density at radius 1 is 1.00 bits per heavy atom. The number of hydrogen-bond acceptors (Lipinski definition) is 5. The summed E-state index contributed by atoms with van der Waals surface area (Å²) in [6, 6.07) is 13.9. The first-order chi connectivity index (χ1) is 19.4. The van der Waals surface area contributed by atoms with E-state index in [0.29, 0.717) is 28.0 Å². The van der Waals surface area contributed by atoms with Gasteiger partial charge in [-0.15, -0.1) is 0 Å². The van der Waals surface area contributed by atoms with Crippen LogP contribution in [0.5, 0.6) is 0 Å². The van der Waals surface area contributed by atoms with Crippen molar-refractivity contribution in [3.8, 4) is 5.69 Å². The van der Waals surface area contributed by atoms with E-state index in [-0.39, 0.29) is 17.2 Å². The molecule has 0 spiro atoms. The van der Waals surface area contributed by atoms with Crippen LogP contribution in [0.25, 0.3) is 16.6 Å². The number of alkyl halides is 3. The normalized spacial score (nSPS) is 11.5. The van der Waals surface area contributed by atoms with Crippen molar-refractivity contribution in [1.29, 1.82) is 0 Å². The van der Waals surface area contributed by atoms with Crippen LogP contribution in [-0.2, 0) is 6.18 Å². The monoisotopic (exact) mass is 561 g/mol. The lowest BCUT2D eigenvalue weighted by Crippen LogP contribution is -2.18. The van der Waals surface area contributed by atoms with Crippen molar-refractivity contribution >= 4 is 39.8 Å². The molecule has 0 radical (unpaired) electrons. The number of carbonyl (C=O) groups is 2. The zero-order chi connectivity index (χ0) is 29.5. The second-order valence-corrected chi connectivity index (χ2v) is 9.58. The van der Waals surface area contributed by atoms with Crippen LogP contribution in [0, 0.1) is 13.8 Å². The molecule has 0 aliphatic rings. The Morgan fingerprint density at radius 2 is 1.78 bits per heavy atom. The number of nitrogens with zero attached hydrogens (tertiary/aromatic N) is 4. The number of nitrogens with one attached hydrogen (secondary N) is 3. The number of H-pyrrole nitrogens is 1. The minimum Gasteiger partial charge on any atom is -0.354 e. The number of hydrogen-bond donors (Lipinski definition) is 3. The summed E-state index contributed by atoms with van der Waals surface area (Å²) in [5, 5.41) is 12.9. The highest BCUT2D eigenvalue weighted by atomic mass is 19.4. The fourth-order valence-electron chi connectivity index (χ4n) is 4.52. The van der Waals surface area contributed by atoms with E-state index in [0.717, 1.165) is 29.1 Å². The molecule has 0 aliphatic heterocycles. The standard InChI is InChI=1S/C29H26F3N7O2/c1-16-5-6-20(12-25(16)38(4)21-7-8-23-24(13-21)36-37-26(23)28(41)33-3)35-27(40)18-9-19(29(30,31)32)11-22(10-18)39-14-17(2)34-15-39/h5-15H,1-4H3,(H,33,41)(H,35,40)(H,36,37). The topological polar surface area (TPSA) is 108 Å². The number of benzene rings is 3. The fourth-order valence-corrected chi connectivity index (χ4v) is 4.52. The number of anilines is 3. The van der Waals surface area contributed by atoms with Crippen molar-refractivity contribution < 1.29 is 22.8 Å². The third-order valence-corrected chi connectivity index (χ3v) is 6.72. The molecule has 0 saturated carbocycles. The molecule has 5 aromatic rings. The number of fused-ring (bicyclic) bond motifs is 1. The summed E-state index contributed by atoms with van der Waals surface area (Å²) in [6.07, 6.45) is -1.66. The summed E-state index contributed by atoms with van der Waals surface area (Å²) in [5.41, 5.74) is 3.52. The van der Waals surface area contributed by atoms with Gasteiger partial charge in [-0.05, 0) is 67.9 Å². The first-order valence-corrected chi connectivity index (χ1v) is 12.5. The molecule has 41 heavy (non-hydrogen) atoms. The average Bonchev–Trinajstić information content (AvgIpc) is 3.58. The Bertz CT molecular complexity index is 1790. The number of aryl methyl sites for hydroxylation is 2. The summed E-state index contributed by atoms with van der Waals surface area (Å²) in [5.74, 6) is -0.989. The van der Waals surface area contributed by atoms with Gasteiger partial charge >= 0.3 is 6.18 Å². The van der Waals surface area contributed by atoms with Gasteiger partial charge in [-0.25, -0.2) is 4.98 Å². The van der Waals surface area contributed by atoms with E-state index in [1.54, 1.807) is 31.3 Å². The zero-order valence-corrected chi connectivity index (χ0v) is 22.6. The Balaban J connectivity index is 1.44. The first kappa shape index (κ1) is 27.4. The minimum absolute atomic E-state index is 0.145. The highest BCUT2D eigenvalue weighted by Gasteiger charge is 2.32. The number of aromatic nitrogens is 4. The first-order valence-electron chi connectivity index (χ1n) is 12.5. The molecule has 0 unspecified atom stereocenters. The Kier molecular flexibility index (Phi) is 6.99. The largest absolute Gasteiger partial charge is 0.416 e. The third-order valence-electron chi connectivity index (χ3n) is 6.72. The number of amides is 2. The molecular weight excluding hydrogens is 535 g/mol. The molecule has 0 aliphatic carbocycles. The van der Waals surface area contributed by atoms with Crippen molar-refractivity contribution in [2.45, 2.75) is 20.0 Å². The van der Waals surface area contributed by atoms with Gasteiger partial charge in [0.05, 0.1) is 23.1 Å². The van der Waals surface area contributed by atoms with Gasteiger partial charge in [-0.3, -0.25) is 14.7 Å². The van der Waals surface area contributed by atoms with Gasteiger partial charge in [-0.2, -0.15) is 18.3 Å². The summed E-state index contributed by atoms with van der Waals surface area (Å²) in [6.45, 7) is 3.63. The lowest BCUT2D eigenvalue weighted by molar-refractivity contribution is -0.137. The molecule has 9 nitrogen and oxygen atoms in total. The number of halogens is 3. The Labute approximate surface area is 233 Å². The van der Waals surface area contributed by atoms with Gasteiger partial charge in [0, 0.05) is 54.0 Å². The molecule has 0 saturated heterocycles. The van der Waals surface area contributed by atoms with Gasteiger partial charge in [0.2, 0.25) is 0 Å². The molecule has 3 N–H and O–H groups in total. The molecule has 2 aromatic heterocycles. The fraction of sp³-hybridized carbons (Fsp3) is 0.172. The van der Waals surface area contributed by atoms with Crippen LogP contribution >= 0.6 is 0 Å². The summed E-state index contributed by atoms with van der Waals surface area (Å²) < 4.78 is 42.5. The summed E-state index contributed by atoms with van der Waals surface area (Å²) >= 11 is 0. The van der Waals surface area contributed by atoms with Crippen molar-refractivity contribution in [1.82, 2.24) is 25.1 Å². The van der Waals surface area contributed by atoms with Crippen LogP contribution in [0.4, 0.5) is 30.2 Å². The molecule has 12 heteroatoms. The minimum atomic E-state index is -4.64. The van der Waals surface area contributed by atoms with Crippen LogP contribution in [0.1, 0.15) is 37.7 Å². The van der Waals surface area contributed by atoms with E-state index >= 15 is 0 Å². The highest BCUT2D eigenvalue weighted by Crippen LogP contribution is 2.34. The molecule has 210 valence electrons. The maximum atomic E-state index is 13.7. The van der Waals surface area contributed by atoms with Crippen LogP contribution in [-0.4, -0.2) is 45.7 Å². The van der Waals surface area contributed by atoms with Crippen LogP contribution in [0.2, 0.25) is 0 Å². The molecule has 0 fully saturated rings. The Morgan fingerprint density at radius 3 is 2.46 bits per heavy atom. The average molecular weight is 562 g/mol. The second-order valence-electron chi connectivity index (χ2n) is 9.58. The van der Waals surface area contributed by atoms with E-state index in [4.69, 9.17) is 0 Å². The number of carbonyl (C=O) groups excluding carboxylic acids is 2. The smallest absolute Gasteiger partial charge is 0.354 e. The third kappa shape index (κ3) is 5.49. The molecule has 2 heterocycles. The van der Waals surface area contributed by atoms with E-state index in [1.165, 1.54) is 24.0 Å². The number of aromatic amines is 1. The maximum absolute atomic E-state index is 13.7. The maximum Gasteiger partial charge on any atom is 0.416 e. The van der Waals surface area contributed by atoms with Crippen molar-refractivity contribution in [3.63, 3.8) is 0 Å². The van der Waals surface area contributed by atoms with Gasteiger partial charge in [-0.1, -0.05) is 6.07 Å². The number of imidazole rings is 1. The van der Waals surface area contributed by atoms with E-state index in [2.05, 4.69) is 25.8 Å². The van der Waals surface area contributed by atoms with E-state index < -0.39 is 17.6 Å². The van der Waals surface area contributed by atoms with Gasteiger partial charge in [0.25, 0.3) is 11.8 Å². The van der Waals surface area contributed by atoms with Gasteiger partial charge in [0.1, 0.15) is 0 Å². The predicted octanol–water partition coefficient (Wildman–Crippen LogP) is 5.76. The molecule has 0 atom stereocenters. The lowest BCUT2D eigenvalue weighted by atomic mass is 10.1. The zero-order valence-electron chi connectivity index (χ0n) is 22.6. The van der Waals surface area contributed by atoms with E-state index in [9.17, 15) is 22.8 Å². The lowest BCUT2D eigenvalue weighted by Gasteiger charge is -2.23. The Hall–Kier alpha value is -5.13. The van der Waals surface area contributed by atoms with Crippen LogP contribution in [0.3, 0.4) is 0 Å². The SMILES string of the molecule is CNC(=O)c1n[nH]c2cc(N(C)c3cc(NC(=O)c4cc(-n5cnc(C)c5)cc(C(F)(F)F)c4)ccc3C)ccc12. The molecule has 0 bridgehead atoms. The summed E-state index contributed by atoms with van der Waals surface area (Å²) in [7, 11) is 3.38. The van der Waals surface area contributed by atoms with Crippen LogP contribution in [0.15, 0.2) is 67.1 Å². The van der Waals surface area contributed by atoms with Gasteiger partial charge < -0.3 is 20.1 Å². The highest BCUT2D eigenvalue weighted by molar-refractivity contribution is 6.06. The van der Waals surface area contributed by atoms with Crippen molar-refractivity contribution in [3.05, 3.63) is 95.2 Å². The summed E-state index contributed by atoms with van der Waals surface area (Å²) in [4.78, 5) is 31.2. The molecule has 3 aromatic carbocycles. The predicted molar refractivity (Wildman–Crippen MR) is 150 cm³/mol. The quantitative estimate of drug-likeness (QED) is 0.244.